The SMILES string of the molecule is CCC/C=C/[C@H]1CO[C@H]([C@H]2CC[C@H]([C@H]3CC[C@H](CCc4ccc(F)c(F)c4)CC3)CC2)OC1. The molecule has 1 saturated heterocycles. The fourth-order valence-electron chi connectivity index (χ4n) is 6.27. The Balaban J connectivity index is 1.12. The summed E-state index contributed by atoms with van der Waals surface area (Å²) >= 11 is 0. The first-order valence-electron chi connectivity index (χ1n) is 13.5. The summed E-state index contributed by atoms with van der Waals surface area (Å²) in [5, 5.41) is 0. The van der Waals surface area contributed by atoms with Crippen molar-refractivity contribution in [2.75, 3.05) is 13.2 Å². The Bertz CT molecular complexity index is 740. The van der Waals surface area contributed by atoms with Gasteiger partial charge < -0.3 is 9.47 Å². The second-order valence-corrected chi connectivity index (χ2v) is 10.8. The third-order valence-corrected chi connectivity index (χ3v) is 8.40. The lowest BCUT2D eigenvalue weighted by Gasteiger charge is -2.40. The van der Waals surface area contributed by atoms with Gasteiger partial charge in [-0.1, -0.05) is 44.4 Å². The summed E-state index contributed by atoms with van der Waals surface area (Å²) in [6.07, 6.45) is 19.2. The molecule has 1 aliphatic heterocycles. The van der Waals surface area contributed by atoms with Crippen LogP contribution in [0.1, 0.15) is 83.1 Å². The number of ether oxygens (including phenoxy) is 2. The van der Waals surface area contributed by atoms with Gasteiger partial charge in [0.25, 0.3) is 0 Å². The average Bonchev–Trinajstić information content (AvgIpc) is 2.86. The molecule has 0 spiro atoms. The third kappa shape index (κ3) is 7.11. The van der Waals surface area contributed by atoms with Crippen LogP contribution in [0.3, 0.4) is 0 Å². The first-order valence-corrected chi connectivity index (χ1v) is 13.5. The Morgan fingerprint density at radius 2 is 1.48 bits per heavy atom. The molecule has 2 aliphatic carbocycles. The molecule has 0 radical (unpaired) electrons. The van der Waals surface area contributed by atoms with Crippen molar-refractivity contribution in [3.63, 3.8) is 0 Å². The van der Waals surface area contributed by atoms with E-state index in [1.807, 2.05) is 0 Å². The number of halogens is 2. The van der Waals surface area contributed by atoms with Crippen LogP contribution in [-0.2, 0) is 15.9 Å². The molecular weight excluding hydrogens is 418 g/mol. The number of rotatable bonds is 8. The standard InChI is InChI=1S/C29H42F2O2/c1-2-3-4-5-23-19-32-29(33-20-23)26-15-13-25(14-16-26)24-11-8-21(9-12-24)6-7-22-10-17-27(30)28(31)18-22/h4-5,10,17-18,21,23-26,29H,2-3,6-9,11-16,19-20H2,1H3/b5-4+/t21-,23-,24-,25-,26-,29-. The van der Waals surface area contributed by atoms with Crippen molar-refractivity contribution < 1.29 is 18.3 Å². The van der Waals surface area contributed by atoms with Gasteiger partial charge in [-0.15, -0.1) is 0 Å². The Kier molecular flexibility index (Phi) is 9.37. The molecule has 1 aromatic carbocycles. The first kappa shape index (κ1) is 24.9. The minimum Gasteiger partial charge on any atom is -0.352 e. The van der Waals surface area contributed by atoms with Gasteiger partial charge in [-0.3, -0.25) is 0 Å². The maximum absolute atomic E-state index is 13.4. The number of benzene rings is 1. The van der Waals surface area contributed by atoms with Gasteiger partial charge >= 0.3 is 0 Å². The molecule has 0 atom stereocenters. The molecule has 0 aromatic heterocycles. The summed E-state index contributed by atoms with van der Waals surface area (Å²) in [6.45, 7) is 3.81. The molecule has 0 N–H and O–H groups in total. The average molecular weight is 461 g/mol. The Labute approximate surface area is 199 Å². The van der Waals surface area contributed by atoms with E-state index in [9.17, 15) is 8.78 Å². The van der Waals surface area contributed by atoms with Gasteiger partial charge in [-0.2, -0.15) is 0 Å². The summed E-state index contributed by atoms with van der Waals surface area (Å²) in [5.74, 6) is 1.97. The fraction of sp³-hybridized carbons (Fsp3) is 0.724. The van der Waals surface area contributed by atoms with E-state index in [0.717, 1.165) is 55.8 Å². The van der Waals surface area contributed by atoms with Gasteiger partial charge in [0.05, 0.1) is 13.2 Å². The van der Waals surface area contributed by atoms with E-state index < -0.39 is 11.6 Å². The molecular formula is C29H42F2O2. The number of hydrogen-bond donors (Lipinski definition) is 0. The van der Waals surface area contributed by atoms with Gasteiger partial charge in [0.2, 0.25) is 0 Å². The molecule has 2 saturated carbocycles. The van der Waals surface area contributed by atoms with Crippen molar-refractivity contribution >= 4 is 0 Å². The predicted octanol–water partition coefficient (Wildman–Crippen LogP) is 7.86. The second kappa shape index (κ2) is 12.4. The number of unbranched alkanes of at least 4 members (excludes halogenated alkanes) is 1. The van der Waals surface area contributed by atoms with E-state index in [1.165, 1.54) is 69.9 Å². The lowest BCUT2D eigenvalue weighted by molar-refractivity contribution is -0.223. The highest BCUT2D eigenvalue weighted by atomic mass is 19.2. The molecule has 3 aliphatic rings. The van der Waals surface area contributed by atoms with Crippen LogP contribution in [0.4, 0.5) is 8.78 Å². The Morgan fingerprint density at radius 1 is 0.848 bits per heavy atom. The van der Waals surface area contributed by atoms with Crippen molar-refractivity contribution in [2.45, 2.75) is 90.3 Å². The van der Waals surface area contributed by atoms with Crippen LogP contribution in [-0.4, -0.2) is 19.5 Å². The van der Waals surface area contributed by atoms with E-state index >= 15 is 0 Å². The summed E-state index contributed by atoms with van der Waals surface area (Å²) in [4.78, 5) is 0. The van der Waals surface area contributed by atoms with E-state index in [-0.39, 0.29) is 6.29 Å². The molecule has 3 fully saturated rings. The maximum Gasteiger partial charge on any atom is 0.160 e. The summed E-state index contributed by atoms with van der Waals surface area (Å²) in [6, 6.07) is 4.35. The van der Waals surface area contributed by atoms with Crippen LogP contribution in [0.5, 0.6) is 0 Å². The number of aryl methyl sites for hydroxylation is 1. The van der Waals surface area contributed by atoms with Crippen LogP contribution >= 0.6 is 0 Å². The smallest absolute Gasteiger partial charge is 0.160 e. The van der Waals surface area contributed by atoms with Crippen molar-refractivity contribution in [3.8, 4) is 0 Å². The summed E-state index contributed by atoms with van der Waals surface area (Å²) in [7, 11) is 0. The van der Waals surface area contributed by atoms with E-state index in [0.29, 0.717) is 11.8 Å². The predicted molar refractivity (Wildman–Crippen MR) is 129 cm³/mol. The fourth-order valence-corrected chi connectivity index (χ4v) is 6.27. The largest absolute Gasteiger partial charge is 0.352 e. The van der Waals surface area contributed by atoms with Crippen LogP contribution in [0.25, 0.3) is 0 Å². The van der Waals surface area contributed by atoms with Crippen LogP contribution in [0, 0.1) is 41.2 Å². The zero-order valence-electron chi connectivity index (χ0n) is 20.3. The highest BCUT2D eigenvalue weighted by Crippen LogP contribution is 2.43. The van der Waals surface area contributed by atoms with Crippen molar-refractivity contribution in [1.29, 1.82) is 0 Å². The molecule has 184 valence electrons. The Hall–Kier alpha value is -1.26. The van der Waals surface area contributed by atoms with Crippen LogP contribution in [0.15, 0.2) is 30.4 Å². The Morgan fingerprint density at radius 3 is 2.12 bits per heavy atom. The first-order chi connectivity index (χ1) is 16.1. The number of allylic oxidation sites excluding steroid dienone is 1. The van der Waals surface area contributed by atoms with E-state index in [4.69, 9.17) is 9.47 Å². The molecule has 0 unspecified atom stereocenters. The highest BCUT2D eigenvalue weighted by Gasteiger charge is 2.35. The molecule has 0 bridgehead atoms. The van der Waals surface area contributed by atoms with E-state index in [1.54, 1.807) is 6.07 Å². The number of hydrogen-bond acceptors (Lipinski definition) is 2. The maximum atomic E-state index is 13.4. The van der Waals surface area contributed by atoms with E-state index in [2.05, 4.69) is 19.1 Å². The molecule has 4 heteroatoms. The zero-order chi connectivity index (χ0) is 23.0. The van der Waals surface area contributed by atoms with Gasteiger partial charge in [-0.25, -0.2) is 8.78 Å². The normalized spacial score (nSPS) is 33.4. The minimum atomic E-state index is -0.751. The molecule has 4 rings (SSSR count). The molecule has 2 nitrogen and oxygen atoms in total. The molecule has 0 amide bonds. The van der Waals surface area contributed by atoms with Crippen molar-refractivity contribution in [1.82, 2.24) is 0 Å². The summed E-state index contributed by atoms with van der Waals surface area (Å²) in [5.41, 5.74) is 0.921. The highest BCUT2D eigenvalue weighted by molar-refractivity contribution is 5.17. The second-order valence-electron chi connectivity index (χ2n) is 10.8. The van der Waals surface area contributed by atoms with Crippen LogP contribution in [0.2, 0.25) is 0 Å². The van der Waals surface area contributed by atoms with Crippen molar-refractivity contribution in [3.05, 3.63) is 47.5 Å². The topological polar surface area (TPSA) is 18.5 Å². The van der Waals surface area contributed by atoms with Gasteiger partial charge in [0, 0.05) is 11.8 Å². The minimum absolute atomic E-state index is 0.00816. The monoisotopic (exact) mass is 460 g/mol. The van der Waals surface area contributed by atoms with Gasteiger partial charge in [-0.05, 0) is 93.2 Å². The lowest BCUT2D eigenvalue weighted by atomic mass is 9.68. The lowest BCUT2D eigenvalue weighted by Crippen LogP contribution is -2.38. The molecule has 1 aromatic rings. The quantitative estimate of drug-likeness (QED) is 0.368. The van der Waals surface area contributed by atoms with Gasteiger partial charge in [0.1, 0.15) is 0 Å². The van der Waals surface area contributed by atoms with Gasteiger partial charge in [0.15, 0.2) is 17.9 Å². The molecule has 33 heavy (non-hydrogen) atoms. The zero-order valence-corrected chi connectivity index (χ0v) is 20.3. The van der Waals surface area contributed by atoms with Crippen LogP contribution < -0.4 is 0 Å². The summed E-state index contributed by atoms with van der Waals surface area (Å²) < 4.78 is 38.8. The third-order valence-electron chi connectivity index (χ3n) is 8.40. The molecule has 1 heterocycles. The van der Waals surface area contributed by atoms with Crippen molar-refractivity contribution in [2.24, 2.45) is 29.6 Å².